The van der Waals surface area contributed by atoms with E-state index in [4.69, 9.17) is 0 Å². The molecule has 1 saturated heterocycles. The monoisotopic (exact) mass is 475 g/mol. The van der Waals surface area contributed by atoms with Gasteiger partial charge in [0.25, 0.3) is 5.91 Å². The first-order chi connectivity index (χ1) is 16.5. The fourth-order valence-electron chi connectivity index (χ4n) is 3.80. The van der Waals surface area contributed by atoms with Gasteiger partial charge in [-0.05, 0) is 47.9 Å². The summed E-state index contributed by atoms with van der Waals surface area (Å²) < 4.78 is 0. The van der Waals surface area contributed by atoms with Crippen molar-refractivity contribution in [1.29, 1.82) is 0 Å². The predicted octanol–water partition coefficient (Wildman–Crippen LogP) is 4.29. The maximum atomic E-state index is 13.2. The molecule has 7 nitrogen and oxygen atoms in total. The van der Waals surface area contributed by atoms with Gasteiger partial charge in [0.15, 0.2) is 0 Å². The van der Waals surface area contributed by atoms with Crippen LogP contribution in [0.1, 0.15) is 35.7 Å². The molecular weight excluding hydrogens is 446 g/mol. The zero-order valence-corrected chi connectivity index (χ0v) is 20.3. The standard InChI is InChI=1S/C26H29N5O2S/c1-19(2)20-8-10-21(11-9-20)29-24(32)18-34-25-22(6-5-13-28-25)26(33)31-16-14-30(15-17-31)23-7-3-4-12-27-23/h3-13,19H,14-18H2,1-2H3,(H,29,32). The van der Waals surface area contributed by atoms with E-state index < -0.39 is 0 Å². The molecule has 1 aromatic carbocycles. The highest BCUT2D eigenvalue weighted by Gasteiger charge is 2.25. The number of anilines is 2. The van der Waals surface area contributed by atoms with Crippen LogP contribution in [0.4, 0.5) is 11.5 Å². The number of carbonyl (C=O) groups is 2. The highest BCUT2D eigenvalue weighted by atomic mass is 32.2. The first kappa shape index (κ1) is 23.8. The minimum atomic E-state index is -0.129. The van der Waals surface area contributed by atoms with Gasteiger partial charge < -0.3 is 15.1 Å². The summed E-state index contributed by atoms with van der Waals surface area (Å²) in [4.78, 5) is 38.5. The van der Waals surface area contributed by atoms with Crippen molar-refractivity contribution in [2.75, 3.05) is 42.1 Å². The van der Waals surface area contributed by atoms with Crippen molar-refractivity contribution in [3.63, 3.8) is 0 Å². The normalized spacial score (nSPS) is 13.7. The maximum absolute atomic E-state index is 13.2. The summed E-state index contributed by atoms with van der Waals surface area (Å²) >= 11 is 1.28. The Bertz CT molecular complexity index is 1110. The van der Waals surface area contributed by atoms with Crippen molar-refractivity contribution in [3.05, 3.63) is 78.1 Å². The Hall–Kier alpha value is -3.39. The van der Waals surface area contributed by atoms with Gasteiger partial charge in [-0.25, -0.2) is 9.97 Å². The molecule has 3 aromatic rings. The van der Waals surface area contributed by atoms with Crippen molar-refractivity contribution in [1.82, 2.24) is 14.9 Å². The van der Waals surface area contributed by atoms with Crippen LogP contribution in [0.2, 0.25) is 0 Å². The summed E-state index contributed by atoms with van der Waals surface area (Å²) in [6.07, 6.45) is 3.43. The molecule has 1 N–H and O–H groups in total. The van der Waals surface area contributed by atoms with E-state index in [2.05, 4.69) is 34.0 Å². The average molecular weight is 476 g/mol. The van der Waals surface area contributed by atoms with Crippen molar-refractivity contribution in [2.24, 2.45) is 0 Å². The van der Waals surface area contributed by atoms with Crippen LogP contribution < -0.4 is 10.2 Å². The Morgan fingerprint density at radius 1 is 0.941 bits per heavy atom. The van der Waals surface area contributed by atoms with E-state index in [0.717, 1.165) is 24.6 Å². The first-order valence-corrected chi connectivity index (χ1v) is 12.4. The Morgan fingerprint density at radius 3 is 2.35 bits per heavy atom. The van der Waals surface area contributed by atoms with Gasteiger partial charge in [0.1, 0.15) is 10.8 Å². The SMILES string of the molecule is CC(C)c1ccc(NC(=O)CSc2ncccc2C(=O)N2CCN(c3ccccn3)CC2)cc1. The summed E-state index contributed by atoms with van der Waals surface area (Å²) in [5.74, 6) is 1.36. The molecule has 176 valence electrons. The van der Waals surface area contributed by atoms with Gasteiger partial charge >= 0.3 is 0 Å². The van der Waals surface area contributed by atoms with Gasteiger partial charge in [0, 0.05) is 44.3 Å². The smallest absolute Gasteiger partial charge is 0.256 e. The predicted molar refractivity (Wildman–Crippen MR) is 136 cm³/mol. The summed E-state index contributed by atoms with van der Waals surface area (Å²) in [6, 6.07) is 17.3. The van der Waals surface area contributed by atoms with Crippen LogP contribution in [-0.4, -0.2) is 58.6 Å². The number of carbonyl (C=O) groups excluding carboxylic acids is 2. The largest absolute Gasteiger partial charge is 0.353 e. The Balaban J connectivity index is 1.33. The molecular formula is C26H29N5O2S. The second-order valence-corrected chi connectivity index (χ2v) is 9.40. The van der Waals surface area contributed by atoms with Crippen LogP contribution in [0, 0.1) is 0 Å². The van der Waals surface area contributed by atoms with Crippen molar-refractivity contribution < 1.29 is 9.59 Å². The highest BCUT2D eigenvalue weighted by Crippen LogP contribution is 2.23. The molecule has 2 amide bonds. The van der Waals surface area contributed by atoms with Gasteiger partial charge in [-0.15, -0.1) is 0 Å². The van der Waals surface area contributed by atoms with Gasteiger partial charge in [-0.3, -0.25) is 9.59 Å². The van der Waals surface area contributed by atoms with Crippen LogP contribution in [0.3, 0.4) is 0 Å². The van der Waals surface area contributed by atoms with E-state index in [1.165, 1.54) is 17.3 Å². The number of thioether (sulfide) groups is 1. The zero-order chi connectivity index (χ0) is 23.9. The number of benzene rings is 1. The number of nitrogens with zero attached hydrogens (tertiary/aromatic N) is 4. The summed E-state index contributed by atoms with van der Waals surface area (Å²) in [5.41, 5.74) is 2.52. The maximum Gasteiger partial charge on any atom is 0.256 e. The summed E-state index contributed by atoms with van der Waals surface area (Å²) in [6.45, 7) is 6.95. The lowest BCUT2D eigenvalue weighted by Gasteiger charge is -2.35. The molecule has 2 aromatic heterocycles. The van der Waals surface area contributed by atoms with E-state index in [0.29, 0.717) is 29.6 Å². The number of aromatic nitrogens is 2. The van der Waals surface area contributed by atoms with Crippen LogP contribution in [0.15, 0.2) is 72.0 Å². The van der Waals surface area contributed by atoms with Crippen molar-refractivity contribution in [2.45, 2.75) is 24.8 Å². The third kappa shape index (κ3) is 5.94. The molecule has 8 heteroatoms. The molecule has 4 rings (SSSR count). The Morgan fingerprint density at radius 2 is 1.68 bits per heavy atom. The number of pyridine rings is 2. The molecule has 0 spiro atoms. The third-order valence-electron chi connectivity index (χ3n) is 5.74. The fourth-order valence-corrected chi connectivity index (χ4v) is 4.59. The third-order valence-corrected chi connectivity index (χ3v) is 6.75. The lowest BCUT2D eigenvalue weighted by Crippen LogP contribution is -2.49. The Kier molecular flexibility index (Phi) is 7.80. The van der Waals surface area contributed by atoms with E-state index >= 15 is 0 Å². The number of rotatable bonds is 7. The van der Waals surface area contributed by atoms with Crippen LogP contribution >= 0.6 is 11.8 Å². The van der Waals surface area contributed by atoms with Crippen LogP contribution in [0.5, 0.6) is 0 Å². The molecule has 0 radical (unpaired) electrons. The molecule has 1 aliphatic rings. The molecule has 0 atom stereocenters. The molecule has 0 bridgehead atoms. The number of hydrogen-bond donors (Lipinski definition) is 1. The minimum Gasteiger partial charge on any atom is -0.353 e. The topological polar surface area (TPSA) is 78.4 Å². The number of piperazine rings is 1. The molecule has 0 saturated carbocycles. The molecule has 0 aliphatic carbocycles. The molecule has 0 unspecified atom stereocenters. The fraction of sp³-hybridized carbons (Fsp3) is 0.308. The van der Waals surface area contributed by atoms with Crippen molar-refractivity contribution in [3.8, 4) is 0 Å². The minimum absolute atomic E-state index is 0.0547. The quantitative estimate of drug-likeness (QED) is 0.514. The van der Waals surface area contributed by atoms with Gasteiger partial charge in [0.05, 0.1) is 11.3 Å². The van der Waals surface area contributed by atoms with Crippen LogP contribution in [0.25, 0.3) is 0 Å². The molecule has 1 fully saturated rings. The highest BCUT2D eigenvalue weighted by molar-refractivity contribution is 8.00. The average Bonchev–Trinajstić information content (AvgIpc) is 2.88. The molecule has 3 heterocycles. The Labute approximate surface area is 204 Å². The van der Waals surface area contributed by atoms with E-state index in [1.807, 2.05) is 47.4 Å². The van der Waals surface area contributed by atoms with Crippen LogP contribution in [-0.2, 0) is 4.79 Å². The van der Waals surface area contributed by atoms with Crippen molar-refractivity contribution >= 4 is 35.1 Å². The van der Waals surface area contributed by atoms with E-state index in [1.54, 1.807) is 24.5 Å². The van der Waals surface area contributed by atoms with E-state index in [9.17, 15) is 9.59 Å². The number of hydrogen-bond acceptors (Lipinski definition) is 6. The number of nitrogens with one attached hydrogen (secondary N) is 1. The van der Waals surface area contributed by atoms with E-state index in [-0.39, 0.29) is 17.6 Å². The van der Waals surface area contributed by atoms with Gasteiger partial charge in [-0.1, -0.05) is 43.8 Å². The molecule has 34 heavy (non-hydrogen) atoms. The zero-order valence-electron chi connectivity index (χ0n) is 19.5. The second-order valence-electron chi connectivity index (χ2n) is 8.44. The molecule has 1 aliphatic heterocycles. The van der Waals surface area contributed by atoms with Gasteiger partial charge in [-0.2, -0.15) is 0 Å². The summed E-state index contributed by atoms with van der Waals surface area (Å²) in [7, 11) is 0. The second kappa shape index (κ2) is 11.2. The number of amides is 2. The first-order valence-electron chi connectivity index (χ1n) is 11.4. The lowest BCUT2D eigenvalue weighted by molar-refractivity contribution is -0.113. The van der Waals surface area contributed by atoms with Gasteiger partial charge in [0.2, 0.25) is 5.91 Å². The lowest BCUT2D eigenvalue weighted by atomic mass is 10.0. The summed E-state index contributed by atoms with van der Waals surface area (Å²) in [5, 5.41) is 3.49.